The van der Waals surface area contributed by atoms with Crippen LogP contribution in [0.25, 0.3) is 10.9 Å². The van der Waals surface area contributed by atoms with Crippen LogP contribution in [0.3, 0.4) is 0 Å². The first-order valence-corrected chi connectivity index (χ1v) is 9.37. The second-order valence-corrected chi connectivity index (χ2v) is 7.42. The van der Waals surface area contributed by atoms with Crippen molar-refractivity contribution >= 4 is 34.1 Å². The minimum absolute atomic E-state index is 0.230. The lowest BCUT2D eigenvalue weighted by Gasteiger charge is -2.12. The maximum absolute atomic E-state index is 6.43. The van der Waals surface area contributed by atoms with E-state index in [1.54, 1.807) is 6.07 Å². The van der Waals surface area contributed by atoms with E-state index in [0.29, 0.717) is 16.6 Å². The summed E-state index contributed by atoms with van der Waals surface area (Å²) in [4.78, 5) is 3.13. The largest absolute Gasteiger partial charge is 0.340 e. The van der Waals surface area contributed by atoms with E-state index in [-0.39, 0.29) is 6.04 Å². The minimum Gasteiger partial charge on any atom is -0.340 e. The van der Waals surface area contributed by atoms with Crippen molar-refractivity contribution in [1.82, 2.24) is 9.55 Å². The van der Waals surface area contributed by atoms with Crippen molar-refractivity contribution < 1.29 is 4.57 Å². The van der Waals surface area contributed by atoms with Gasteiger partial charge in [-0.25, -0.2) is 4.57 Å². The molecule has 0 saturated heterocycles. The fraction of sp³-hybridized carbons (Fsp3) is 0.190. The minimum atomic E-state index is 0.230. The number of nitrogens with one attached hydrogen (secondary N) is 1. The van der Waals surface area contributed by atoms with Crippen LogP contribution in [-0.2, 0) is 6.54 Å². The molecule has 26 heavy (non-hydrogen) atoms. The maximum Gasteiger partial charge on any atom is 0.242 e. The smallest absolute Gasteiger partial charge is 0.242 e. The summed E-state index contributed by atoms with van der Waals surface area (Å²) < 4.78 is 4.53. The van der Waals surface area contributed by atoms with Gasteiger partial charge >= 0.3 is 0 Å². The van der Waals surface area contributed by atoms with Crippen LogP contribution < -0.4 is 4.57 Å². The molecule has 2 aromatic carbocycles. The molecular formula is C21H20Cl2N3+. The highest BCUT2D eigenvalue weighted by Crippen LogP contribution is 2.32. The number of hydrogen-bond donors (Lipinski definition) is 1. The molecule has 0 fully saturated rings. The SMILES string of the molecule is Cc1c(C(C)[n+]2cc[nH]c2)c2ccccc2n1Cc1ccc(Cl)cc1Cl. The molecule has 0 spiro atoms. The zero-order valence-corrected chi connectivity index (χ0v) is 16.2. The number of hydrogen-bond acceptors (Lipinski definition) is 0. The number of aromatic nitrogens is 3. The number of H-pyrrole nitrogens is 1. The molecule has 2 aromatic heterocycles. The second-order valence-electron chi connectivity index (χ2n) is 6.57. The standard InChI is InChI=1S/C21H19Cl2N3/c1-14(25-10-9-24-13-25)21-15(2)26(20-6-4-3-5-18(20)21)12-16-7-8-17(22)11-19(16)23/h3-11,13-14H,12H2,1-2H3/p+1. The van der Waals surface area contributed by atoms with E-state index in [1.165, 1.54) is 22.2 Å². The highest BCUT2D eigenvalue weighted by atomic mass is 35.5. The predicted molar refractivity (Wildman–Crippen MR) is 107 cm³/mol. The van der Waals surface area contributed by atoms with Crippen molar-refractivity contribution in [3.63, 3.8) is 0 Å². The number of nitrogens with zero attached hydrogens (tertiary/aromatic N) is 2. The monoisotopic (exact) mass is 384 g/mol. The summed E-state index contributed by atoms with van der Waals surface area (Å²) >= 11 is 12.5. The number of rotatable bonds is 4. The van der Waals surface area contributed by atoms with Gasteiger partial charge in [-0.3, -0.25) is 4.98 Å². The van der Waals surface area contributed by atoms with Gasteiger partial charge < -0.3 is 4.57 Å². The third-order valence-electron chi connectivity index (χ3n) is 5.05. The van der Waals surface area contributed by atoms with Crippen LogP contribution in [-0.4, -0.2) is 9.55 Å². The molecule has 0 aliphatic heterocycles. The molecule has 0 amide bonds. The average molecular weight is 385 g/mol. The van der Waals surface area contributed by atoms with Crippen molar-refractivity contribution in [2.24, 2.45) is 0 Å². The number of halogens is 2. The fourth-order valence-corrected chi connectivity index (χ4v) is 4.17. The Labute approximate surface area is 162 Å². The Bertz CT molecular complexity index is 1060. The summed E-state index contributed by atoms with van der Waals surface area (Å²) in [6, 6.07) is 14.5. The summed E-state index contributed by atoms with van der Waals surface area (Å²) in [6.45, 7) is 5.12. The number of benzene rings is 2. The number of aromatic amines is 1. The lowest BCUT2D eigenvalue weighted by molar-refractivity contribution is -0.709. The van der Waals surface area contributed by atoms with Crippen LogP contribution in [0.1, 0.15) is 29.8 Å². The van der Waals surface area contributed by atoms with Gasteiger partial charge in [0.05, 0.1) is 0 Å². The van der Waals surface area contributed by atoms with E-state index in [0.717, 1.165) is 5.56 Å². The van der Waals surface area contributed by atoms with Gasteiger partial charge in [-0.05, 0) is 37.6 Å². The fourth-order valence-electron chi connectivity index (χ4n) is 3.70. The summed E-state index contributed by atoms with van der Waals surface area (Å²) in [5.74, 6) is 0. The van der Waals surface area contributed by atoms with E-state index < -0.39 is 0 Å². The Kier molecular flexibility index (Phi) is 4.51. The van der Waals surface area contributed by atoms with E-state index in [4.69, 9.17) is 23.2 Å². The molecule has 0 bridgehead atoms. The molecule has 2 heterocycles. The molecule has 4 rings (SSSR count). The molecule has 0 aliphatic rings. The molecule has 1 atom stereocenters. The molecule has 132 valence electrons. The highest BCUT2D eigenvalue weighted by Gasteiger charge is 2.22. The molecule has 0 aliphatic carbocycles. The first-order chi connectivity index (χ1) is 12.6. The Morgan fingerprint density at radius 1 is 1.15 bits per heavy atom. The van der Waals surface area contributed by atoms with Gasteiger partial charge in [0.2, 0.25) is 6.33 Å². The maximum atomic E-state index is 6.43. The Morgan fingerprint density at radius 2 is 1.96 bits per heavy atom. The molecule has 3 nitrogen and oxygen atoms in total. The van der Waals surface area contributed by atoms with Gasteiger partial charge in [0.15, 0.2) is 0 Å². The van der Waals surface area contributed by atoms with Crippen molar-refractivity contribution in [3.8, 4) is 0 Å². The summed E-state index contributed by atoms with van der Waals surface area (Å²) in [5, 5.41) is 2.63. The summed E-state index contributed by atoms with van der Waals surface area (Å²) in [7, 11) is 0. The van der Waals surface area contributed by atoms with Crippen molar-refractivity contribution in [2.45, 2.75) is 26.4 Å². The van der Waals surface area contributed by atoms with Crippen LogP contribution in [0, 0.1) is 6.92 Å². The van der Waals surface area contributed by atoms with Crippen LogP contribution in [0.2, 0.25) is 10.0 Å². The molecule has 4 aromatic rings. The first-order valence-electron chi connectivity index (χ1n) is 8.61. The van der Waals surface area contributed by atoms with Crippen LogP contribution in [0.4, 0.5) is 0 Å². The number of imidazole rings is 1. The quantitative estimate of drug-likeness (QED) is 0.447. The van der Waals surface area contributed by atoms with Crippen molar-refractivity contribution in [3.05, 3.63) is 88.1 Å². The predicted octanol–water partition coefficient (Wildman–Crippen LogP) is 5.53. The zero-order valence-electron chi connectivity index (χ0n) is 14.7. The van der Waals surface area contributed by atoms with Crippen LogP contribution >= 0.6 is 23.2 Å². The Hall–Kier alpha value is -2.23. The molecule has 1 unspecified atom stereocenters. The normalized spacial score (nSPS) is 12.6. The zero-order chi connectivity index (χ0) is 18.3. The van der Waals surface area contributed by atoms with E-state index in [1.807, 2.05) is 24.7 Å². The third-order valence-corrected chi connectivity index (χ3v) is 5.64. The highest BCUT2D eigenvalue weighted by molar-refractivity contribution is 6.35. The number of fused-ring (bicyclic) bond motifs is 1. The van der Waals surface area contributed by atoms with Gasteiger partial charge in [-0.1, -0.05) is 47.5 Å². The summed E-state index contributed by atoms with van der Waals surface area (Å²) in [6.07, 6.45) is 6.00. The van der Waals surface area contributed by atoms with Crippen molar-refractivity contribution in [1.29, 1.82) is 0 Å². The van der Waals surface area contributed by atoms with E-state index in [2.05, 4.69) is 58.4 Å². The van der Waals surface area contributed by atoms with Gasteiger partial charge in [-0.15, -0.1) is 0 Å². The molecule has 5 heteroatoms. The molecule has 0 saturated carbocycles. The molecule has 0 radical (unpaired) electrons. The molecular weight excluding hydrogens is 365 g/mol. The van der Waals surface area contributed by atoms with Gasteiger partial charge in [0.1, 0.15) is 18.4 Å². The average Bonchev–Trinajstić information content (AvgIpc) is 3.24. The van der Waals surface area contributed by atoms with Crippen molar-refractivity contribution in [2.75, 3.05) is 0 Å². The summed E-state index contributed by atoms with van der Waals surface area (Å²) in [5.41, 5.74) is 4.86. The number of para-hydroxylation sites is 1. The third kappa shape index (κ3) is 2.91. The van der Waals surface area contributed by atoms with E-state index >= 15 is 0 Å². The van der Waals surface area contributed by atoms with Gasteiger partial charge in [0.25, 0.3) is 0 Å². The lowest BCUT2D eigenvalue weighted by Crippen LogP contribution is -2.36. The Balaban J connectivity index is 1.86. The lowest BCUT2D eigenvalue weighted by atomic mass is 10.0. The van der Waals surface area contributed by atoms with E-state index in [9.17, 15) is 0 Å². The van der Waals surface area contributed by atoms with Crippen LogP contribution in [0.5, 0.6) is 0 Å². The van der Waals surface area contributed by atoms with Gasteiger partial charge in [0, 0.05) is 38.8 Å². The first kappa shape index (κ1) is 17.2. The Morgan fingerprint density at radius 3 is 2.69 bits per heavy atom. The second kappa shape index (κ2) is 6.82. The van der Waals surface area contributed by atoms with Crippen LogP contribution in [0.15, 0.2) is 61.2 Å². The topological polar surface area (TPSA) is 24.6 Å². The molecule has 1 N–H and O–H groups in total. The van der Waals surface area contributed by atoms with Gasteiger partial charge in [-0.2, -0.15) is 0 Å².